The lowest BCUT2D eigenvalue weighted by Gasteiger charge is -2.20. The van der Waals surface area contributed by atoms with Crippen LogP contribution < -0.4 is 0 Å². The number of carbonyl (C=O) groups excluding carboxylic acids is 2. The van der Waals surface area contributed by atoms with Crippen LogP contribution in [-0.2, 0) is 32.7 Å². The van der Waals surface area contributed by atoms with E-state index in [4.69, 9.17) is 19.1 Å². The summed E-state index contributed by atoms with van der Waals surface area (Å²) in [5, 5.41) is 18.3. The van der Waals surface area contributed by atoms with Crippen LogP contribution >= 0.6 is 7.82 Å². The lowest BCUT2D eigenvalue weighted by molar-refractivity contribution is -0.161. The van der Waals surface area contributed by atoms with Crippen molar-refractivity contribution >= 4 is 19.8 Å². The fraction of sp³-hybridized carbons (Fsp3) is 0.625. The molecule has 0 aliphatic carbocycles. The Balaban J connectivity index is 4.46. The van der Waals surface area contributed by atoms with Gasteiger partial charge in [0.25, 0.3) is 0 Å². The van der Waals surface area contributed by atoms with Gasteiger partial charge in [-0.2, -0.15) is 0 Å². The van der Waals surface area contributed by atoms with Crippen LogP contribution in [0.25, 0.3) is 0 Å². The summed E-state index contributed by atoms with van der Waals surface area (Å²) in [5.74, 6) is -1.05. The third kappa shape index (κ3) is 42.8. The van der Waals surface area contributed by atoms with Crippen molar-refractivity contribution in [1.82, 2.24) is 0 Å². The average molecular weight is 847 g/mol. The highest BCUT2D eigenvalue weighted by Crippen LogP contribution is 2.43. The molecule has 0 saturated heterocycles. The Hall–Kier alpha value is -3.11. The average Bonchev–Trinajstić information content (AvgIpc) is 3.22. The monoisotopic (exact) mass is 847 g/mol. The van der Waals surface area contributed by atoms with Crippen molar-refractivity contribution < 1.29 is 47.8 Å². The van der Waals surface area contributed by atoms with Crippen molar-refractivity contribution in [2.75, 3.05) is 26.4 Å². The Labute approximate surface area is 357 Å². The maximum atomic E-state index is 12.6. The number of carbonyl (C=O) groups is 2. The van der Waals surface area contributed by atoms with Crippen LogP contribution in [0, 0.1) is 0 Å². The van der Waals surface area contributed by atoms with Gasteiger partial charge in [-0.3, -0.25) is 18.6 Å². The maximum Gasteiger partial charge on any atom is 0.472 e. The molecule has 0 aromatic carbocycles. The van der Waals surface area contributed by atoms with Gasteiger partial charge in [0, 0.05) is 12.8 Å². The van der Waals surface area contributed by atoms with Crippen molar-refractivity contribution in [3.8, 4) is 0 Å². The zero-order valence-electron chi connectivity index (χ0n) is 36.4. The van der Waals surface area contributed by atoms with Crippen molar-refractivity contribution in [1.29, 1.82) is 0 Å². The number of esters is 2. The number of hydrogen-bond donors (Lipinski definition) is 3. The topological polar surface area (TPSA) is 149 Å². The van der Waals surface area contributed by atoms with Crippen LogP contribution in [0.1, 0.15) is 155 Å². The summed E-state index contributed by atoms with van der Waals surface area (Å²) in [5.41, 5.74) is 0. The van der Waals surface area contributed by atoms with E-state index in [9.17, 15) is 24.2 Å². The molecule has 0 bridgehead atoms. The number of hydrogen-bond acceptors (Lipinski definition) is 9. The first kappa shape index (κ1) is 55.9. The zero-order valence-corrected chi connectivity index (χ0v) is 37.3. The fourth-order valence-corrected chi connectivity index (χ4v) is 6.12. The maximum absolute atomic E-state index is 12.6. The first-order valence-electron chi connectivity index (χ1n) is 22.2. The number of ether oxygens (including phenoxy) is 2. The molecule has 10 nitrogen and oxygen atoms in total. The van der Waals surface area contributed by atoms with Crippen molar-refractivity contribution in [2.45, 2.75) is 167 Å². The number of unbranched alkanes of at least 4 members (excludes halogenated alkanes) is 10. The van der Waals surface area contributed by atoms with Crippen molar-refractivity contribution in [3.05, 3.63) is 97.2 Å². The van der Waals surface area contributed by atoms with Gasteiger partial charge in [-0.05, 0) is 89.9 Å². The van der Waals surface area contributed by atoms with Crippen LogP contribution in [0.2, 0.25) is 0 Å². The molecule has 0 aromatic rings. The summed E-state index contributed by atoms with van der Waals surface area (Å²) in [6.07, 6.45) is 52.5. The van der Waals surface area contributed by atoms with Gasteiger partial charge in [0.15, 0.2) is 6.10 Å². The molecule has 0 spiro atoms. The summed E-state index contributed by atoms with van der Waals surface area (Å²) in [6.45, 7) is 2.13. The number of phosphoric ester groups is 1. The molecular formula is C48H79O10P. The molecule has 0 amide bonds. The van der Waals surface area contributed by atoms with E-state index >= 15 is 0 Å². The minimum atomic E-state index is -4.65. The molecule has 3 atom stereocenters. The van der Waals surface area contributed by atoms with Crippen LogP contribution in [0.3, 0.4) is 0 Å². The molecule has 0 rings (SSSR count). The lowest BCUT2D eigenvalue weighted by atomic mass is 10.1. The van der Waals surface area contributed by atoms with Gasteiger partial charge in [0.05, 0.1) is 19.8 Å². The number of allylic oxidation sites excluding steroid dienone is 16. The predicted molar refractivity (Wildman–Crippen MR) is 242 cm³/mol. The van der Waals surface area contributed by atoms with Crippen LogP contribution in [0.15, 0.2) is 97.2 Å². The molecule has 0 heterocycles. The molecular weight excluding hydrogens is 767 g/mol. The molecule has 1 unspecified atom stereocenters. The minimum Gasteiger partial charge on any atom is -0.462 e. The third-order valence-electron chi connectivity index (χ3n) is 8.72. The van der Waals surface area contributed by atoms with E-state index < -0.39 is 51.8 Å². The van der Waals surface area contributed by atoms with E-state index in [0.717, 1.165) is 57.8 Å². The second-order valence-corrected chi connectivity index (χ2v) is 15.8. The summed E-state index contributed by atoms with van der Waals surface area (Å²) >= 11 is 0. The van der Waals surface area contributed by atoms with Gasteiger partial charge < -0.3 is 24.6 Å². The molecule has 0 aliphatic rings. The summed E-state index contributed by atoms with van der Waals surface area (Å²) < 4.78 is 32.6. The Morgan fingerprint density at radius 1 is 0.525 bits per heavy atom. The molecule has 0 fully saturated rings. The number of rotatable bonds is 40. The Morgan fingerprint density at radius 2 is 0.949 bits per heavy atom. The second-order valence-electron chi connectivity index (χ2n) is 14.3. The zero-order chi connectivity index (χ0) is 43.3. The highest BCUT2D eigenvalue weighted by atomic mass is 31.2. The lowest BCUT2D eigenvalue weighted by Crippen LogP contribution is -2.29. The molecule has 0 radical (unpaired) electrons. The Bertz CT molecular complexity index is 1300. The van der Waals surface area contributed by atoms with E-state index in [1.807, 2.05) is 12.2 Å². The first-order chi connectivity index (χ1) is 28.7. The van der Waals surface area contributed by atoms with Gasteiger partial charge in [-0.1, -0.05) is 150 Å². The van der Waals surface area contributed by atoms with E-state index in [2.05, 4.69) is 103 Å². The number of phosphoric acid groups is 1. The third-order valence-corrected chi connectivity index (χ3v) is 9.67. The van der Waals surface area contributed by atoms with Crippen molar-refractivity contribution in [2.24, 2.45) is 0 Å². The summed E-state index contributed by atoms with van der Waals surface area (Å²) in [7, 11) is -4.65. The number of aliphatic hydroxyl groups excluding tert-OH is 2. The molecule has 0 aliphatic heterocycles. The molecule has 59 heavy (non-hydrogen) atoms. The summed E-state index contributed by atoms with van der Waals surface area (Å²) in [4.78, 5) is 35.0. The Morgan fingerprint density at radius 3 is 1.46 bits per heavy atom. The predicted octanol–water partition coefficient (Wildman–Crippen LogP) is 12.0. The van der Waals surface area contributed by atoms with Gasteiger partial charge in [-0.15, -0.1) is 0 Å². The quantitative estimate of drug-likeness (QED) is 0.0235. The van der Waals surface area contributed by atoms with Gasteiger partial charge in [0.2, 0.25) is 0 Å². The van der Waals surface area contributed by atoms with E-state index in [1.165, 1.54) is 51.4 Å². The molecule has 11 heteroatoms. The summed E-state index contributed by atoms with van der Waals surface area (Å²) in [6, 6.07) is 0. The fourth-order valence-electron chi connectivity index (χ4n) is 5.33. The molecule has 0 aromatic heterocycles. The van der Waals surface area contributed by atoms with E-state index in [-0.39, 0.29) is 19.4 Å². The first-order valence-corrected chi connectivity index (χ1v) is 23.7. The highest BCUT2D eigenvalue weighted by molar-refractivity contribution is 7.47. The molecule has 3 N–H and O–H groups in total. The number of aliphatic hydroxyl groups is 2. The van der Waals surface area contributed by atoms with Crippen LogP contribution in [0.5, 0.6) is 0 Å². The van der Waals surface area contributed by atoms with Crippen molar-refractivity contribution in [3.63, 3.8) is 0 Å². The normalized spacial score (nSPS) is 14.7. The van der Waals surface area contributed by atoms with Crippen LogP contribution in [-0.4, -0.2) is 65.7 Å². The highest BCUT2D eigenvalue weighted by Gasteiger charge is 2.27. The van der Waals surface area contributed by atoms with Gasteiger partial charge in [-0.25, -0.2) is 4.57 Å². The molecule has 336 valence electrons. The van der Waals surface area contributed by atoms with Gasteiger partial charge >= 0.3 is 19.8 Å². The minimum absolute atomic E-state index is 0.0934. The van der Waals surface area contributed by atoms with E-state index in [0.29, 0.717) is 19.3 Å². The SMILES string of the molecule is CC/C=C/C/C=C/C/C=C/C/C=C/CCCCC(=O)OC[C@H](COP(=O)(O)OC[C@@H](O)CO)OC(=O)CCC/C=C/C/C=C/C/C=C/C/C=C/CCCCCCCCC. The largest absolute Gasteiger partial charge is 0.472 e. The standard InChI is InChI=1S/C48H79O10P/c1-3-5-7-9-11-13-15-17-19-20-21-22-23-24-26-28-30-32-34-36-38-40-48(52)58-46(44-57-59(53,54)56-42-45(50)41-49)43-55-47(51)39-37-35-33-31-29-27-25-18-16-14-12-10-8-6-4-2/h6,8,12,14,18-20,22-23,25-26,28-29,31-32,34,45-46,49-50H,3-5,7,9-11,13,15-17,21,24,27,30,33,35-44H2,1-2H3,(H,53,54)/b8-6+,14-12+,20-19+,23-22+,25-18+,28-26+,31-29+,34-32+/t45-,46+/m0/s1. The molecule has 0 saturated carbocycles. The second kappa shape index (κ2) is 43.0. The smallest absolute Gasteiger partial charge is 0.462 e. The van der Waals surface area contributed by atoms with E-state index in [1.54, 1.807) is 0 Å². The Kier molecular flexibility index (Phi) is 40.7. The van der Waals surface area contributed by atoms with Crippen LogP contribution in [0.4, 0.5) is 0 Å². The van der Waals surface area contributed by atoms with Gasteiger partial charge in [0.1, 0.15) is 12.7 Å².